The van der Waals surface area contributed by atoms with Crippen molar-refractivity contribution in [2.24, 2.45) is 0 Å². The molecule has 0 bridgehead atoms. The highest BCUT2D eigenvalue weighted by Gasteiger charge is 1.99. The fourth-order valence-electron chi connectivity index (χ4n) is 0.589. The second-order valence-corrected chi connectivity index (χ2v) is 1.68. The molecule has 0 aromatic carbocycles. The molecule has 1 heterocycles. The predicted octanol–water partition coefficient (Wildman–Crippen LogP) is 1.68. The van der Waals surface area contributed by atoms with Crippen molar-refractivity contribution in [2.75, 3.05) is 0 Å². The Kier molecular flexibility index (Phi) is 1.73. The van der Waals surface area contributed by atoms with Gasteiger partial charge in [-0.25, -0.2) is 0 Å². The number of hydrogen-bond donors (Lipinski definition) is 0. The molecule has 1 atom stereocenters. The van der Waals surface area contributed by atoms with Gasteiger partial charge in [-0.05, 0) is 25.5 Å². The van der Waals surface area contributed by atoms with Crippen LogP contribution in [0.25, 0.3) is 0 Å². The lowest BCUT2D eigenvalue weighted by molar-refractivity contribution is 0.185. The molecule has 1 rings (SSSR count). The normalized spacial score (nSPS) is 25.4. The van der Waals surface area contributed by atoms with Gasteiger partial charge in [0.25, 0.3) is 0 Å². The summed E-state index contributed by atoms with van der Waals surface area (Å²) in [5.41, 5.74) is 0. The summed E-state index contributed by atoms with van der Waals surface area (Å²) in [6, 6.07) is 0. The van der Waals surface area contributed by atoms with Crippen LogP contribution in [0.5, 0.6) is 0 Å². The van der Waals surface area contributed by atoms with E-state index in [0.717, 1.165) is 6.42 Å². The highest BCUT2D eigenvalue weighted by Crippen LogP contribution is 2.04. The van der Waals surface area contributed by atoms with Crippen molar-refractivity contribution < 1.29 is 4.74 Å². The summed E-state index contributed by atoms with van der Waals surface area (Å²) in [6.45, 7) is 3.70. The summed E-state index contributed by atoms with van der Waals surface area (Å²) in [7, 11) is 0. The van der Waals surface area contributed by atoms with Gasteiger partial charge in [0.15, 0.2) is 0 Å². The zero-order valence-corrected chi connectivity index (χ0v) is 4.71. The van der Waals surface area contributed by atoms with E-state index in [0.29, 0.717) is 0 Å². The standard InChI is InChI=1S/C7H9O/c1-2-7-5-3-4-6-8-7/h3-7H,1-2H2. The fourth-order valence-corrected chi connectivity index (χ4v) is 0.589. The van der Waals surface area contributed by atoms with Gasteiger partial charge >= 0.3 is 0 Å². The number of ether oxygens (including phenoxy) is 1. The Bertz CT molecular complexity index is 114. The quantitative estimate of drug-likeness (QED) is 0.497. The smallest absolute Gasteiger partial charge is 0.116 e. The zero-order chi connectivity index (χ0) is 5.82. The molecule has 1 aliphatic heterocycles. The minimum Gasteiger partial charge on any atom is -0.494 e. The topological polar surface area (TPSA) is 9.23 Å². The number of hydrogen-bond acceptors (Lipinski definition) is 1. The second kappa shape index (κ2) is 2.55. The van der Waals surface area contributed by atoms with Crippen LogP contribution in [0.1, 0.15) is 6.42 Å². The Morgan fingerprint density at radius 3 is 2.75 bits per heavy atom. The molecule has 0 aromatic rings. The average Bonchev–Trinajstić information content (AvgIpc) is 1.90. The van der Waals surface area contributed by atoms with Crippen molar-refractivity contribution in [1.29, 1.82) is 0 Å². The van der Waals surface area contributed by atoms with E-state index in [1.165, 1.54) is 0 Å². The average molecular weight is 109 g/mol. The molecule has 43 valence electrons. The molecule has 0 saturated carbocycles. The molecule has 0 amide bonds. The first-order valence-electron chi connectivity index (χ1n) is 2.71. The summed E-state index contributed by atoms with van der Waals surface area (Å²) < 4.78 is 5.10. The summed E-state index contributed by atoms with van der Waals surface area (Å²) in [6.07, 6.45) is 8.54. The summed E-state index contributed by atoms with van der Waals surface area (Å²) >= 11 is 0. The van der Waals surface area contributed by atoms with Crippen molar-refractivity contribution in [3.63, 3.8) is 0 Å². The minimum atomic E-state index is 0.208. The minimum absolute atomic E-state index is 0.208. The number of allylic oxidation sites excluding steroid dienone is 2. The first-order chi connectivity index (χ1) is 3.93. The molecular weight excluding hydrogens is 100 g/mol. The van der Waals surface area contributed by atoms with E-state index in [4.69, 9.17) is 4.74 Å². The van der Waals surface area contributed by atoms with Gasteiger partial charge in [0.1, 0.15) is 6.10 Å². The van der Waals surface area contributed by atoms with Gasteiger partial charge in [-0.3, -0.25) is 0 Å². The summed E-state index contributed by atoms with van der Waals surface area (Å²) in [5.74, 6) is 0. The lowest BCUT2D eigenvalue weighted by atomic mass is 10.2. The van der Waals surface area contributed by atoms with Crippen LogP contribution < -0.4 is 0 Å². The summed E-state index contributed by atoms with van der Waals surface area (Å²) in [5, 5.41) is 0. The Morgan fingerprint density at radius 1 is 1.50 bits per heavy atom. The maximum absolute atomic E-state index is 5.10. The van der Waals surface area contributed by atoms with Crippen molar-refractivity contribution in [3.05, 3.63) is 31.4 Å². The molecule has 1 unspecified atom stereocenters. The lowest BCUT2D eigenvalue weighted by Crippen LogP contribution is -2.05. The predicted molar refractivity (Wildman–Crippen MR) is 33.1 cm³/mol. The van der Waals surface area contributed by atoms with Crippen LogP contribution in [-0.2, 0) is 4.74 Å². The van der Waals surface area contributed by atoms with Gasteiger partial charge in [-0.2, -0.15) is 0 Å². The van der Waals surface area contributed by atoms with Crippen LogP contribution in [0.4, 0.5) is 0 Å². The first kappa shape index (κ1) is 5.42. The highest BCUT2D eigenvalue weighted by atomic mass is 16.5. The molecular formula is C7H9O. The van der Waals surface area contributed by atoms with Gasteiger partial charge in [0.2, 0.25) is 0 Å². The zero-order valence-electron chi connectivity index (χ0n) is 4.71. The molecule has 0 aliphatic carbocycles. The van der Waals surface area contributed by atoms with Gasteiger partial charge in [-0.15, -0.1) is 0 Å². The Balaban J connectivity index is 2.40. The SMILES string of the molecule is [CH2]CC1C=CC=CO1. The lowest BCUT2D eigenvalue weighted by Gasteiger charge is -2.10. The van der Waals surface area contributed by atoms with E-state index in [-0.39, 0.29) is 6.10 Å². The van der Waals surface area contributed by atoms with E-state index in [1.54, 1.807) is 6.26 Å². The highest BCUT2D eigenvalue weighted by molar-refractivity contribution is 5.07. The van der Waals surface area contributed by atoms with Gasteiger partial charge in [0, 0.05) is 0 Å². The van der Waals surface area contributed by atoms with Crippen LogP contribution in [0, 0.1) is 6.92 Å². The van der Waals surface area contributed by atoms with Crippen LogP contribution in [0.15, 0.2) is 24.5 Å². The monoisotopic (exact) mass is 109 g/mol. The van der Waals surface area contributed by atoms with E-state index in [2.05, 4.69) is 6.92 Å². The Morgan fingerprint density at radius 2 is 2.38 bits per heavy atom. The number of rotatable bonds is 1. The van der Waals surface area contributed by atoms with Crippen molar-refractivity contribution in [3.8, 4) is 0 Å². The third kappa shape index (κ3) is 1.12. The molecule has 1 nitrogen and oxygen atoms in total. The Hall–Kier alpha value is -0.720. The second-order valence-electron chi connectivity index (χ2n) is 1.68. The molecule has 0 aromatic heterocycles. The third-order valence-corrected chi connectivity index (χ3v) is 1.05. The third-order valence-electron chi connectivity index (χ3n) is 1.05. The van der Waals surface area contributed by atoms with Crippen LogP contribution in [0.3, 0.4) is 0 Å². The summed E-state index contributed by atoms with van der Waals surface area (Å²) in [4.78, 5) is 0. The Labute approximate surface area is 49.7 Å². The maximum atomic E-state index is 5.10. The molecule has 0 spiro atoms. The molecule has 0 fully saturated rings. The fraction of sp³-hybridized carbons (Fsp3) is 0.286. The van der Waals surface area contributed by atoms with E-state index in [9.17, 15) is 0 Å². The van der Waals surface area contributed by atoms with E-state index >= 15 is 0 Å². The molecule has 1 heteroatoms. The maximum Gasteiger partial charge on any atom is 0.116 e. The first-order valence-corrected chi connectivity index (χ1v) is 2.71. The molecule has 8 heavy (non-hydrogen) atoms. The van der Waals surface area contributed by atoms with Gasteiger partial charge < -0.3 is 4.74 Å². The van der Waals surface area contributed by atoms with Crippen LogP contribution in [0.2, 0.25) is 0 Å². The van der Waals surface area contributed by atoms with E-state index in [1.807, 2.05) is 18.2 Å². The molecule has 1 aliphatic rings. The van der Waals surface area contributed by atoms with Crippen molar-refractivity contribution >= 4 is 0 Å². The molecule has 1 radical (unpaired) electrons. The van der Waals surface area contributed by atoms with Crippen LogP contribution >= 0.6 is 0 Å². The van der Waals surface area contributed by atoms with Crippen LogP contribution in [-0.4, -0.2) is 6.10 Å². The van der Waals surface area contributed by atoms with Crippen molar-refractivity contribution in [1.82, 2.24) is 0 Å². The largest absolute Gasteiger partial charge is 0.494 e. The molecule has 0 saturated heterocycles. The van der Waals surface area contributed by atoms with Gasteiger partial charge in [0.05, 0.1) is 6.26 Å². The van der Waals surface area contributed by atoms with Gasteiger partial charge in [-0.1, -0.05) is 6.08 Å². The molecule has 0 N–H and O–H groups in total. The van der Waals surface area contributed by atoms with E-state index < -0.39 is 0 Å². The van der Waals surface area contributed by atoms with Crippen molar-refractivity contribution in [2.45, 2.75) is 12.5 Å².